The van der Waals surface area contributed by atoms with Crippen LogP contribution in [0.15, 0.2) is 29.2 Å². The molecule has 122 valence electrons. The van der Waals surface area contributed by atoms with Crippen molar-refractivity contribution in [3.63, 3.8) is 0 Å². The van der Waals surface area contributed by atoms with Gasteiger partial charge in [0.05, 0.1) is 0 Å². The molecule has 1 aliphatic rings. The van der Waals surface area contributed by atoms with Crippen molar-refractivity contribution in [3.8, 4) is 0 Å². The summed E-state index contributed by atoms with van der Waals surface area (Å²) in [7, 11) is 0. The molecule has 2 rings (SSSR count). The molecule has 2 N–H and O–H groups in total. The molecular weight excluding hydrogens is 322 g/mol. The van der Waals surface area contributed by atoms with Crippen LogP contribution >= 0.6 is 24.0 Å². The monoisotopic (exact) mass is 344 g/mol. The lowest BCUT2D eigenvalue weighted by molar-refractivity contribution is 0.225. The van der Waals surface area contributed by atoms with Gasteiger partial charge in [-0.1, -0.05) is 38.5 Å². The summed E-state index contributed by atoms with van der Waals surface area (Å²) in [5.41, 5.74) is 0.813. The van der Waals surface area contributed by atoms with Crippen molar-refractivity contribution in [2.45, 2.75) is 49.8 Å². The highest BCUT2D eigenvalue weighted by Gasteiger charge is 2.27. The lowest BCUT2D eigenvalue weighted by atomic mass is 9.78. The summed E-state index contributed by atoms with van der Waals surface area (Å²) in [6.45, 7) is 4.55. The van der Waals surface area contributed by atoms with Gasteiger partial charge in [0.15, 0.2) is 5.11 Å². The molecule has 3 atom stereocenters. The lowest BCUT2D eigenvalue weighted by Gasteiger charge is -2.35. The van der Waals surface area contributed by atoms with Gasteiger partial charge in [-0.2, -0.15) is 8.78 Å². The molecule has 6 heteroatoms. The Morgan fingerprint density at radius 1 is 1.23 bits per heavy atom. The second-order valence-corrected chi connectivity index (χ2v) is 7.35. The highest BCUT2D eigenvalue weighted by Crippen LogP contribution is 2.29. The molecule has 0 radical (unpaired) electrons. The van der Waals surface area contributed by atoms with Gasteiger partial charge in [0.25, 0.3) is 5.76 Å². The van der Waals surface area contributed by atoms with E-state index in [1.54, 1.807) is 24.3 Å². The molecule has 0 heterocycles. The average molecular weight is 344 g/mol. The number of hydrogen-bond acceptors (Lipinski definition) is 2. The third-order valence-corrected chi connectivity index (χ3v) is 5.30. The lowest BCUT2D eigenvalue weighted by Crippen LogP contribution is -2.45. The van der Waals surface area contributed by atoms with Crippen LogP contribution in [-0.2, 0) is 0 Å². The van der Waals surface area contributed by atoms with E-state index in [4.69, 9.17) is 12.2 Å². The summed E-state index contributed by atoms with van der Waals surface area (Å²) in [6.07, 6.45) is 3.64. The Kier molecular flexibility index (Phi) is 6.44. The van der Waals surface area contributed by atoms with Crippen molar-refractivity contribution >= 4 is 34.8 Å². The first-order valence-electron chi connectivity index (χ1n) is 7.58. The first-order valence-corrected chi connectivity index (χ1v) is 8.87. The van der Waals surface area contributed by atoms with Gasteiger partial charge in [-0.15, -0.1) is 0 Å². The first kappa shape index (κ1) is 17.5. The van der Waals surface area contributed by atoms with Crippen molar-refractivity contribution in [2.24, 2.45) is 11.8 Å². The molecule has 0 unspecified atom stereocenters. The number of nitrogens with one attached hydrogen (secondary N) is 2. The second kappa shape index (κ2) is 8.11. The third kappa shape index (κ3) is 5.09. The fourth-order valence-corrected chi connectivity index (χ4v) is 3.61. The fourth-order valence-electron chi connectivity index (χ4n) is 2.84. The molecular formula is C16H22F2N2S2. The van der Waals surface area contributed by atoms with Crippen LogP contribution in [0.2, 0.25) is 0 Å². The summed E-state index contributed by atoms with van der Waals surface area (Å²) < 4.78 is 24.6. The third-order valence-electron chi connectivity index (χ3n) is 4.36. The van der Waals surface area contributed by atoms with Gasteiger partial charge in [-0.3, -0.25) is 0 Å². The molecule has 0 aromatic heterocycles. The molecule has 1 aromatic carbocycles. The van der Waals surface area contributed by atoms with Crippen LogP contribution in [0.4, 0.5) is 14.5 Å². The molecule has 0 bridgehead atoms. The molecule has 0 amide bonds. The SMILES string of the molecule is C[C@H]1[C@H](C)CCC[C@H]1NC(=S)Nc1ccc(SC(F)F)cc1. The molecule has 1 aliphatic carbocycles. The Hall–Kier alpha value is -0.880. The molecule has 1 saturated carbocycles. The van der Waals surface area contributed by atoms with Crippen molar-refractivity contribution < 1.29 is 8.78 Å². The van der Waals surface area contributed by atoms with E-state index in [9.17, 15) is 8.78 Å². The van der Waals surface area contributed by atoms with Crippen molar-refractivity contribution in [3.05, 3.63) is 24.3 Å². The Labute approximate surface area is 140 Å². The van der Waals surface area contributed by atoms with Gasteiger partial charge in [0.1, 0.15) is 0 Å². The molecule has 0 saturated heterocycles. The van der Waals surface area contributed by atoms with E-state index >= 15 is 0 Å². The van der Waals surface area contributed by atoms with Crippen LogP contribution in [0.25, 0.3) is 0 Å². The van der Waals surface area contributed by atoms with Crippen LogP contribution in [0.1, 0.15) is 33.1 Å². The van der Waals surface area contributed by atoms with Crippen LogP contribution in [0.3, 0.4) is 0 Å². The molecule has 22 heavy (non-hydrogen) atoms. The molecule has 2 nitrogen and oxygen atoms in total. The number of rotatable bonds is 4. The van der Waals surface area contributed by atoms with Crippen LogP contribution in [0, 0.1) is 11.8 Å². The largest absolute Gasteiger partial charge is 0.359 e. The maximum Gasteiger partial charge on any atom is 0.288 e. The normalized spacial score (nSPS) is 25.0. The Morgan fingerprint density at radius 2 is 1.91 bits per heavy atom. The predicted octanol–water partition coefficient (Wildman–Crippen LogP) is 5.11. The Morgan fingerprint density at radius 3 is 2.55 bits per heavy atom. The standard InChI is InChI=1S/C16H22F2N2S2/c1-10-4-3-5-14(11(10)2)20-16(21)19-12-6-8-13(9-7-12)22-15(17)18/h6-11,14-15H,3-5H2,1-2H3,(H2,19,20,21)/t10-,11+,14-/m1/s1. The van der Waals surface area contributed by atoms with Crippen LogP contribution in [0.5, 0.6) is 0 Å². The molecule has 0 spiro atoms. The fraction of sp³-hybridized carbons (Fsp3) is 0.562. The van der Waals surface area contributed by atoms with E-state index in [2.05, 4.69) is 24.5 Å². The van der Waals surface area contributed by atoms with E-state index < -0.39 is 5.76 Å². The van der Waals surface area contributed by atoms with Gasteiger partial charge in [0, 0.05) is 16.6 Å². The minimum absolute atomic E-state index is 0.400. The number of halogens is 2. The minimum Gasteiger partial charge on any atom is -0.359 e. The average Bonchev–Trinajstić information content (AvgIpc) is 2.45. The van der Waals surface area contributed by atoms with Gasteiger partial charge < -0.3 is 10.6 Å². The summed E-state index contributed by atoms with van der Waals surface area (Å²) in [4.78, 5) is 0.550. The van der Waals surface area contributed by atoms with Crippen LogP contribution < -0.4 is 10.6 Å². The van der Waals surface area contributed by atoms with Crippen molar-refractivity contribution in [2.75, 3.05) is 5.32 Å². The number of anilines is 1. The van der Waals surface area contributed by atoms with Crippen LogP contribution in [-0.4, -0.2) is 16.9 Å². The van der Waals surface area contributed by atoms with Gasteiger partial charge in [0.2, 0.25) is 0 Å². The summed E-state index contributed by atoms with van der Waals surface area (Å²) in [6, 6.07) is 7.29. The van der Waals surface area contributed by atoms with E-state index in [-0.39, 0.29) is 0 Å². The smallest absolute Gasteiger partial charge is 0.288 e. The number of benzene rings is 1. The predicted molar refractivity (Wildman–Crippen MR) is 93.6 cm³/mol. The maximum absolute atomic E-state index is 12.3. The van der Waals surface area contributed by atoms with E-state index in [0.29, 0.717) is 39.6 Å². The van der Waals surface area contributed by atoms with E-state index in [1.807, 2.05) is 0 Å². The zero-order valence-corrected chi connectivity index (χ0v) is 14.4. The number of thioether (sulfide) groups is 1. The zero-order chi connectivity index (χ0) is 16.1. The van der Waals surface area contributed by atoms with Gasteiger partial charge in [-0.25, -0.2) is 0 Å². The van der Waals surface area contributed by atoms with Crippen molar-refractivity contribution in [1.29, 1.82) is 0 Å². The summed E-state index contributed by atoms with van der Waals surface area (Å²) >= 11 is 5.91. The Bertz CT molecular complexity index is 493. The minimum atomic E-state index is -2.39. The highest BCUT2D eigenvalue weighted by molar-refractivity contribution is 7.99. The first-order chi connectivity index (χ1) is 10.5. The topological polar surface area (TPSA) is 24.1 Å². The van der Waals surface area contributed by atoms with Gasteiger partial charge in [-0.05, 0) is 54.7 Å². The number of alkyl halides is 2. The van der Waals surface area contributed by atoms with E-state index in [1.165, 1.54) is 12.8 Å². The second-order valence-electron chi connectivity index (χ2n) is 5.88. The maximum atomic E-state index is 12.3. The summed E-state index contributed by atoms with van der Waals surface area (Å²) in [5, 5.41) is 7.12. The van der Waals surface area contributed by atoms with E-state index in [0.717, 1.165) is 12.1 Å². The molecule has 0 aliphatic heterocycles. The zero-order valence-electron chi connectivity index (χ0n) is 12.8. The Balaban J connectivity index is 1.86. The quantitative estimate of drug-likeness (QED) is 0.585. The van der Waals surface area contributed by atoms with Crippen molar-refractivity contribution in [1.82, 2.24) is 5.32 Å². The molecule has 1 fully saturated rings. The summed E-state index contributed by atoms with van der Waals surface area (Å²) in [5.74, 6) is -1.09. The number of hydrogen-bond donors (Lipinski definition) is 2. The number of thiocarbonyl (C=S) groups is 1. The highest BCUT2D eigenvalue weighted by atomic mass is 32.2. The van der Waals surface area contributed by atoms with Gasteiger partial charge >= 0.3 is 0 Å². The molecule has 1 aromatic rings.